The number of benzene rings is 1. The molecule has 0 saturated heterocycles. The third-order valence-corrected chi connectivity index (χ3v) is 4.33. The van der Waals surface area contributed by atoms with Crippen LogP contribution >= 0.6 is 0 Å². The zero-order valence-corrected chi connectivity index (χ0v) is 15.6. The summed E-state index contributed by atoms with van der Waals surface area (Å²) in [7, 11) is 0. The van der Waals surface area contributed by atoms with Gasteiger partial charge in [0.1, 0.15) is 5.69 Å². The van der Waals surface area contributed by atoms with Crippen molar-refractivity contribution in [1.82, 2.24) is 4.98 Å². The van der Waals surface area contributed by atoms with E-state index in [9.17, 15) is 9.59 Å². The third-order valence-electron chi connectivity index (χ3n) is 4.33. The smallest absolute Gasteiger partial charge is 0.355 e. The first kappa shape index (κ1) is 18.8. The van der Waals surface area contributed by atoms with Crippen LogP contribution < -0.4 is 5.32 Å². The van der Waals surface area contributed by atoms with E-state index in [4.69, 9.17) is 4.74 Å². The molecule has 5 nitrogen and oxygen atoms in total. The minimum absolute atomic E-state index is 0.0374. The van der Waals surface area contributed by atoms with Gasteiger partial charge >= 0.3 is 5.97 Å². The van der Waals surface area contributed by atoms with Crippen LogP contribution in [-0.2, 0) is 16.0 Å². The summed E-state index contributed by atoms with van der Waals surface area (Å²) in [5.41, 5.74) is 6.29. The molecule has 0 saturated carbocycles. The topological polar surface area (TPSA) is 71.2 Å². The van der Waals surface area contributed by atoms with Crippen LogP contribution in [0.1, 0.15) is 51.8 Å². The highest BCUT2D eigenvalue weighted by molar-refractivity contribution is 5.92. The number of aromatic nitrogens is 1. The summed E-state index contributed by atoms with van der Waals surface area (Å²) in [6.07, 6.45) is 0.930. The minimum atomic E-state index is -0.353. The maximum absolute atomic E-state index is 12.3. The second kappa shape index (κ2) is 8.01. The number of carbonyl (C=O) groups excluding carboxylic acids is 2. The Morgan fingerprint density at radius 3 is 2.52 bits per heavy atom. The van der Waals surface area contributed by atoms with Gasteiger partial charge in [0.2, 0.25) is 5.91 Å². The quantitative estimate of drug-likeness (QED) is 0.780. The van der Waals surface area contributed by atoms with E-state index in [1.54, 1.807) is 6.92 Å². The molecule has 0 atom stereocenters. The van der Waals surface area contributed by atoms with E-state index in [0.717, 1.165) is 28.1 Å². The van der Waals surface area contributed by atoms with Crippen LogP contribution in [0.4, 0.5) is 5.69 Å². The molecule has 2 N–H and O–H groups in total. The van der Waals surface area contributed by atoms with E-state index < -0.39 is 0 Å². The predicted molar refractivity (Wildman–Crippen MR) is 99.1 cm³/mol. The van der Waals surface area contributed by atoms with E-state index in [2.05, 4.69) is 10.3 Å². The Balaban J connectivity index is 2.03. The largest absolute Gasteiger partial charge is 0.461 e. The van der Waals surface area contributed by atoms with Crippen molar-refractivity contribution in [2.75, 3.05) is 11.9 Å². The molecule has 0 bridgehead atoms. The van der Waals surface area contributed by atoms with Crippen LogP contribution in [0.15, 0.2) is 18.2 Å². The zero-order valence-electron chi connectivity index (χ0n) is 15.6. The van der Waals surface area contributed by atoms with E-state index in [-0.39, 0.29) is 11.9 Å². The van der Waals surface area contributed by atoms with Gasteiger partial charge in [-0.1, -0.05) is 17.7 Å². The van der Waals surface area contributed by atoms with Crippen molar-refractivity contribution in [3.05, 3.63) is 51.8 Å². The number of hydrogen-bond acceptors (Lipinski definition) is 3. The first-order valence-corrected chi connectivity index (χ1v) is 8.55. The Labute approximate surface area is 148 Å². The number of hydrogen-bond donors (Lipinski definition) is 2. The van der Waals surface area contributed by atoms with Crippen molar-refractivity contribution >= 4 is 17.6 Å². The highest BCUT2D eigenvalue weighted by atomic mass is 16.5. The van der Waals surface area contributed by atoms with E-state index in [0.29, 0.717) is 25.1 Å². The molecule has 0 radical (unpaired) electrons. The number of anilines is 1. The predicted octanol–water partition coefficient (Wildman–Crippen LogP) is 4.00. The van der Waals surface area contributed by atoms with Crippen LogP contribution in [0.25, 0.3) is 0 Å². The number of ether oxygens (including phenoxy) is 1. The molecular formula is C20H26N2O3. The number of nitrogens with one attached hydrogen (secondary N) is 2. The van der Waals surface area contributed by atoms with Crippen molar-refractivity contribution in [3.63, 3.8) is 0 Å². The van der Waals surface area contributed by atoms with Crippen molar-refractivity contribution in [1.29, 1.82) is 0 Å². The molecule has 25 heavy (non-hydrogen) atoms. The molecule has 0 unspecified atom stereocenters. The number of carbonyl (C=O) groups is 2. The van der Waals surface area contributed by atoms with Crippen molar-refractivity contribution < 1.29 is 14.3 Å². The number of esters is 1. The van der Waals surface area contributed by atoms with Gasteiger partial charge in [-0.25, -0.2) is 4.79 Å². The number of aryl methyl sites for hydroxylation is 3. The maximum atomic E-state index is 12.3. The van der Waals surface area contributed by atoms with Gasteiger partial charge in [0.25, 0.3) is 0 Å². The number of amides is 1. The van der Waals surface area contributed by atoms with Crippen molar-refractivity contribution in [2.45, 2.75) is 47.5 Å². The number of H-pyrrole nitrogens is 1. The Morgan fingerprint density at radius 1 is 1.16 bits per heavy atom. The first-order valence-electron chi connectivity index (χ1n) is 8.55. The fraction of sp³-hybridized carbons (Fsp3) is 0.400. The van der Waals surface area contributed by atoms with E-state index in [1.165, 1.54) is 5.56 Å². The molecule has 0 aliphatic heterocycles. The van der Waals surface area contributed by atoms with Crippen LogP contribution in [0.5, 0.6) is 0 Å². The average molecular weight is 342 g/mol. The molecule has 5 heteroatoms. The lowest BCUT2D eigenvalue weighted by molar-refractivity contribution is -0.116. The van der Waals surface area contributed by atoms with Crippen LogP contribution in [0.2, 0.25) is 0 Å². The van der Waals surface area contributed by atoms with Gasteiger partial charge < -0.3 is 15.0 Å². The Kier molecular flexibility index (Phi) is 6.02. The Morgan fingerprint density at radius 2 is 1.88 bits per heavy atom. The van der Waals surface area contributed by atoms with Gasteiger partial charge in [-0.15, -0.1) is 0 Å². The number of aromatic amines is 1. The van der Waals surface area contributed by atoms with Crippen LogP contribution in [0, 0.1) is 27.7 Å². The molecule has 0 aliphatic carbocycles. The average Bonchev–Trinajstić information content (AvgIpc) is 2.83. The minimum Gasteiger partial charge on any atom is -0.461 e. The summed E-state index contributed by atoms with van der Waals surface area (Å²) in [5, 5.41) is 2.96. The molecule has 1 heterocycles. The standard InChI is InChI=1S/C20H26N2O3/c1-6-25-20(24)19-14(4)16(15(5)21-19)8-10-18(23)22-17-9-7-12(2)11-13(17)3/h7,9,11,21H,6,8,10H2,1-5H3,(H,22,23). The second-order valence-corrected chi connectivity index (χ2v) is 6.32. The fourth-order valence-corrected chi connectivity index (χ4v) is 2.98. The van der Waals surface area contributed by atoms with Crippen molar-refractivity contribution in [2.24, 2.45) is 0 Å². The summed E-state index contributed by atoms with van der Waals surface area (Å²) in [5.74, 6) is -0.390. The zero-order chi connectivity index (χ0) is 18.6. The summed E-state index contributed by atoms with van der Waals surface area (Å²) >= 11 is 0. The molecule has 0 aliphatic rings. The lowest BCUT2D eigenvalue weighted by Gasteiger charge is -2.09. The highest BCUT2D eigenvalue weighted by Crippen LogP contribution is 2.21. The van der Waals surface area contributed by atoms with Crippen LogP contribution in [-0.4, -0.2) is 23.5 Å². The molecule has 2 aromatic rings. The molecule has 1 aromatic heterocycles. The Hall–Kier alpha value is -2.56. The lowest BCUT2D eigenvalue weighted by atomic mass is 10.0. The summed E-state index contributed by atoms with van der Waals surface area (Å²) in [6, 6.07) is 5.95. The van der Waals surface area contributed by atoms with Gasteiger partial charge in [0, 0.05) is 17.8 Å². The Bertz CT molecular complexity index is 790. The molecule has 1 aromatic carbocycles. The second-order valence-electron chi connectivity index (χ2n) is 6.32. The van der Waals surface area contributed by atoms with Crippen molar-refractivity contribution in [3.8, 4) is 0 Å². The highest BCUT2D eigenvalue weighted by Gasteiger charge is 2.18. The van der Waals surface area contributed by atoms with Gasteiger partial charge in [-0.05, 0) is 63.8 Å². The fourth-order valence-electron chi connectivity index (χ4n) is 2.98. The maximum Gasteiger partial charge on any atom is 0.355 e. The lowest BCUT2D eigenvalue weighted by Crippen LogP contribution is -2.13. The normalized spacial score (nSPS) is 10.6. The van der Waals surface area contributed by atoms with E-state index >= 15 is 0 Å². The van der Waals surface area contributed by atoms with Gasteiger partial charge in [0.15, 0.2) is 0 Å². The monoisotopic (exact) mass is 342 g/mol. The summed E-state index contributed by atoms with van der Waals surface area (Å²) in [6.45, 7) is 9.91. The molecule has 1 amide bonds. The molecular weight excluding hydrogens is 316 g/mol. The molecule has 0 spiro atoms. The van der Waals surface area contributed by atoms with E-state index in [1.807, 2.05) is 45.9 Å². The van der Waals surface area contributed by atoms with Crippen LogP contribution in [0.3, 0.4) is 0 Å². The SMILES string of the molecule is CCOC(=O)c1[nH]c(C)c(CCC(=O)Nc2ccc(C)cc2C)c1C. The summed E-state index contributed by atoms with van der Waals surface area (Å²) < 4.78 is 5.06. The summed E-state index contributed by atoms with van der Waals surface area (Å²) in [4.78, 5) is 27.3. The molecule has 0 fully saturated rings. The first-order chi connectivity index (χ1) is 11.8. The van der Waals surface area contributed by atoms with Gasteiger partial charge in [-0.3, -0.25) is 4.79 Å². The molecule has 134 valence electrons. The molecule has 2 rings (SSSR count). The third kappa shape index (κ3) is 4.50. The van der Waals surface area contributed by atoms with Gasteiger partial charge in [-0.2, -0.15) is 0 Å². The number of rotatable bonds is 6. The van der Waals surface area contributed by atoms with Gasteiger partial charge in [0.05, 0.1) is 6.61 Å².